The molecule has 1 N–H and O–H groups in total. The lowest BCUT2D eigenvalue weighted by molar-refractivity contribution is 0.282. The fraction of sp³-hybridized carbons (Fsp3) is 0.250. The SMILES string of the molecule is OCc1cc(Cl)ccc1N1CCc2ccccc2C1. The van der Waals surface area contributed by atoms with Crippen LogP contribution in [-0.2, 0) is 19.6 Å². The second-order valence-electron chi connectivity index (χ2n) is 4.87. The first-order valence-corrected chi connectivity index (χ1v) is 6.87. The molecule has 0 aromatic heterocycles. The molecule has 1 aliphatic rings. The molecule has 0 fully saturated rings. The van der Waals surface area contributed by atoms with Crippen molar-refractivity contribution >= 4 is 17.3 Å². The van der Waals surface area contributed by atoms with Gasteiger partial charge in [0.1, 0.15) is 0 Å². The number of hydrogen-bond acceptors (Lipinski definition) is 2. The van der Waals surface area contributed by atoms with Crippen LogP contribution in [-0.4, -0.2) is 11.7 Å². The molecule has 1 heterocycles. The predicted molar refractivity (Wildman–Crippen MR) is 78.6 cm³/mol. The Morgan fingerprint density at radius 1 is 1.11 bits per heavy atom. The van der Waals surface area contributed by atoms with Gasteiger partial charge in [-0.2, -0.15) is 0 Å². The van der Waals surface area contributed by atoms with Crippen molar-refractivity contribution in [3.8, 4) is 0 Å². The van der Waals surface area contributed by atoms with Crippen LogP contribution in [0.5, 0.6) is 0 Å². The largest absolute Gasteiger partial charge is 0.392 e. The van der Waals surface area contributed by atoms with E-state index in [0.717, 1.165) is 30.8 Å². The molecule has 19 heavy (non-hydrogen) atoms. The highest BCUT2D eigenvalue weighted by atomic mass is 35.5. The molecule has 0 aliphatic carbocycles. The number of anilines is 1. The third kappa shape index (κ3) is 2.46. The molecule has 0 saturated carbocycles. The number of benzene rings is 2. The van der Waals surface area contributed by atoms with Gasteiger partial charge >= 0.3 is 0 Å². The van der Waals surface area contributed by atoms with E-state index in [1.54, 1.807) is 0 Å². The second kappa shape index (κ2) is 5.24. The highest BCUT2D eigenvalue weighted by Crippen LogP contribution is 2.29. The maximum Gasteiger partial charge on any atom is 0.0702 e. The van der Waals surface area contributed by atoms with Gasteiger partial charge < -0.3 is 10.0 Å². The first-order valence-electron chi connectivity index (χ1n) is 6.49. The van der Waals surface area contributed by atoms with Crippen molar-refractivity contribution in [2.24, 2.45) is 0 Å². The van der Waals surface area contributed by atoms with Gasteiger partial charge in [-0.05, 0) is 35.7 Å². The van der Waals surface area contributed by atoms with Crippen molar-refractivity contribution in [3.63, 3.8) is 0 Å². The number of rotatable bonds is 2. The van der Waals surface area contributed by atoms with E-state index in [0.29, 0.717) is 5.02 Å². The quantitative estimate of drug-likeness (QED) is 0.907. The Bertz CT molecular complexity index is 597. The van der Waals surface area contributed by atoms with Gasteiger partial charge in [0.2, 0.25) is 0 Å². The Hall–Kier alpha value is -1.51. The van der Waals surface area contributed by atoms with Crippen molar-refractivity contribution in [3.05, 3.63) is 64.2 Å². The van der Waals surface area contributed by atoms with Crippen LogP contribution < -0.4 is 4.90 Å². The van der Waals surface area contributed by atoms with E-state index in [-0.39, 0.29) is 6.61 Å². The van der Waals surface area contributed by atoms with Crippen LogP contribution in [0.3, 0.4) is 0 Å². The molecule has 0 unspecified atom stereocenters. The van der Waals surface area contributed by atoms with Gasteiger partial charge in [-0.15, -0.1) is 0 Å². The fourth-order valence-electron chi connectivity index (χ4n) is 2.69. The summed E-state index contributed by atoms with van der Waals surface area (Å²) in [6.07, 6.45) is 1.05. The minimum absolute atomic E-state index is 0.0219. The first kappa shape index (κ1) is 12.5. The summed E-state index contributed by atoms with van der Waals surface area (Å²) in [7, 11) is 0. The number of fused-ring (bicyclic) bond motifs is 1. The number of hydrogen-bond donors (Lipinski definition) is 1. The summed E-state index contributed by atoms with van der Waals surface area (Å²) < 4.78 is 0. The van der Waals surface area contributed by atoms with Crippen LogP contribution in [0.25, 0.3) is 0 Å². The van der Waals surface area contributed by atoms with Crippen molar-refractivity contribution in [2.75, 3.05) is 11.4 Å². The van der Waals surface area contributed by atoms with Gasteiger partial charge in [-0.3, -0.25) is 0 Å². The van der Waals surface area contributed by atoms with E-state index in [2.05, 4.69) is 29.2 Å². The number of aliphatic hydroxyl groups is 1. The topological polar surface area (TPSA) is 23.5 Å². The minimum atomic E-state index is 0.0219. The summed E-state index contributed by atoms with van der Waals surface area (Å²) in [6, 6.07) is 14.3. The molecular weight excluding hydrogens is 258 g/mol. The molecule has 3 rings (SSSR count). The zero-order valence-corrected chi connectivity index (χ0v) is 11.4. The van der Waals surface area contributed by atoms with Crippen LogP contribution in [0.1, 0.15) is 16.7 Å². The highest BCUT2D eigenvalue weighted by molar-refractivity contribution is 6.30. The molecular formula is C16H16ClNO. The van der Waals surface area contributed by atoms with Gasteiger partial charge in [0.15, 0.2) is 0 Å². The lowest BCUT2D eigenvalue weighted by atomic mass is 9.99. The summed E-state index contributed by atoms with van der Waals surface area (Å²) in [6.45, 7) is 1.89. The van der Waals surface area contributed by atoms with Crippen molar-refractivity contribution < 1.29 is 5.11 Å². The molecule has 2 nitrogen and oxygen atoms in total. The molecule has 2 aromatic rings. The molecule has 0 radical (unpaired) electrons. The average Bonchev–Trinajstić information content (AvgIpc) is 2.46. The van der Waals surface area contributed by atoms with Crippen molar-refractivity contribution in [2.45, 2.75) is 19.6 Å². The smallest absolute Gasteiger partial charge is 0.0702 e. The summed E-state index contributed by atoms with van der Waals surface area (Å²) >= 11 is 5.99. The monoisotopic (exact) mass is 273 g/mol. The lowest BCUT2D eigenvalue weighted by Crippen LogP contribution is -2.31. The van der Waals surface area contributed by atoms with Crippen LogP contribution in [0.4, 0.5) is 5.69 Å². The Balaban J connectivity index is 1.93. The van der Waals surface area contributed by atoms with E-state index in [1.165, 1.54) is 11.1 Å². The van der Waals surface area contributed by atoms with E-state index in [1.807, 2.05) is 18.2 Å². The zero-order chi connectivity index (χ0) is 13.2. The van der Waals surface area contributed by atoms with Crippen LogP contribution >= 0.6 is 11.6 Å². The molecule has 98 valence electrons. The maximum absolute atomic E-state index is 9.48. The summed E-state index contributed by atoms with van der Waals surface area (Å²) in [5.41, 5.74) is 4.78. The molecule has 3 heteroatoms. The molecule has 2 aromatic carbocycles. The molecule has 0 amide bonds. The van der Waals surface area contributed by atoms with Crippen LogP contribution in [0, 0.1) is 0 Å². The van der Waals surface area contributed by atoms with Crippen molar-refractivity contribution in [1.29, 1.82) is 0 Å². The third-order valence-corrected chi connectivity index (χ3v) is 3.92. The summed E-state index contributed by atoms with van der Waals surface area (Å²) in [5.74, 6) is 0. The summed E-state index contributed by atoms with van der Waals surface area (Å²) in [4.78, 5) is 2.31. The van der Waals surface area contributed by atoms with Crippen molar-refractivity contribution in [1.82, 2.24) is 0 Å². The molecule has 0 spiro atoms. The third-order valence-electron chi connectivity index (χ3n) is 3.68. The molecule has 0 saturated heterocycles. The molecule has 0 bridgehead atoms. The number of aliphatic hydroxyl groups excluding tert-OH is 1. The standard InChI is InChI=1S/C16H16ClNO/c17-15-5-6-16(14(9-15)11-19)18-8-7-12-3-1-2-4-13(12)10-18/h1-6,9,19H,7-8,10-11H2. The first-order chi connectivity index (χ1) is 9.28. The van der Waals surface area contributed by atoms with Gasteiger partial charge in [0, 0.05) is 29.4 Å². The van der Waals surface area contributed by atoms with E-state index in [9.17, 15) is 5.11 Å². The average molecular weight is 274 g/mol. The van der Waals surface area contributed by atoms with E-state index < -0.39 is 0 Å². The lowest BCUT2D eigenvalue weighted by Gasteiger charge is -2.32. The normalized spacial score (nSPS) is 14.3. The van der Waals surface area contributed by atoms with Gasteiger partial charge in [-0.1, -0.05) is 35.9 Å². The second-order valence-corrected chi connectivity index (χ2v) is 5.31. The Kier molecular flexibility index (Phi) is 3.45. The van der Waals surface area contributed by atoms with Gasteiger partial charge in [-0.25, -0.2) is 0 Å². The number of nitrogens with zero attached hydrogens (tertiary/aromatic N) is 1. The highest BCUT2D eigenvalue weighted by Gasteiger charge is 2.18. The Morgan fingerprint density at radius 2 is 1.89 bits per heavy atom. The Labute approximate surface area is 118 Å². The number of halogens is 1. The summed E-state index contributed by atoms with van der Waals surface area (Å²) in [5, 5.41) is 10.2. The van der Waals surface area contributed by atoms with E-state index in [4.69, 9.17) is 11.6 Å². The fourth-order valence-corrected chi connectivity index (χ4v) is 2.89. The predicted octanol–water partition coefficient (Wildman–Crippen LogP) is 3.40. The molecule has 1 aliphatic heterocycles. The van der Waals surface area contributed by atoms with E-state index >= 15 is 0 Å². The Morgan fingerprint density at radius 3 is 2.68 bits per heavy atom. The van der Waals surface area contributed by atoms with Gasteiger partial charge in [0.05, 0.1) is 6.61 Å². The maximum atomic E-state index is 9.48. The minimum Gasteiger partial charge on any atom is -0.392 e. The molecule has 0 atom stereocenters. The van der Waals surface area contributed by atoms with Crippen LogP contribution in [0.2, 0.25) is 5.02 Å². The zero-order valence-electron chi connectivity index (χ0n) is 10.6. The van der Waals surface area contributed by atoms with Gasteiger partial charge in [0.25, 0.3) is 0 Å². The van der Waals surface area contributed by atoms with Crippen LogP contribution in [0.15, 0.2) is 42.5 Å².